The van der Waals surface area contributed by atoms with Gasteiger partial charge in [0, 0.05) is 6.20 Å². The minimum Gasteiger partial charge on any atom is -0.497 e. The number of hydrogen-bond acceptors (Lipinski definition) is 3. The Bertz CT molecular complexity index is 883. The van der Waals surface area contributed by atoms with Crippen LogP contribution in [0, 0.1) is 0 Å². The van der Waals surface area contributed by atoms with E-state index in [1.165, 1.54) is 6.20 Å². The van der Waals surface area contributed by atoms with Gasteiger partial charge in [-0.2, -0.15) is 18.3 Å². The maximum Gasteiger partial charge on any atom is 0.432 e. The van der Waals surface area contributed by atoms with Gasteiger partial charge >= 0.3 is 6.18 Å². The molecule has 0 spiro atoms. The number of H-pyrrole nitrogens is 1. The number of methoxy groups -OCH3 is 1. The van der Waals surface area contributed by atoms with Crippen molar-refractivity contribution in [3.05, 3.63) is 65.5 Å². The van der Waals surface area contributed by atoms with E-state index >= 15 is 0 Å². The Labute approximate surface area is 142 Å². The average Bonchev–Trinajstić information content (AvgIpc) is 3.11. The standard InChI is InChI=1S/C18H14F3N3O/c1-25-14-6-4-12(5-7-14)2-3-13-8-9-22-15(10-13)16-11-17(24-23-16)18(19,20)21/h2-11H,1H3,(H,23,24)/b3-2+. The summed E-state index contributed by atoms with van der Waals surface area (Å²) in [6.07, 6.45) is 0.816. The lowest BCUT2D eigenvalue weighted by Gasteiger charge is -2.01. The summed E-state index contributed by atoms with van der Waals surface area (Å²) in [5, 5.41) is 5.67. The van der Waals surface area contributed by atoms with E-state index in [1.807, 2.05) is 41.5 Å². The SMILES string of the molecule is COc1ccc(/C=C/c2ccnc(-c3cc(C(F)(F)F)[nH]n3)c2)cc1. The molecular weight excluding hydrogens is 331 g/mol. The van der Waals surface area contributed by atoms with Gasteiger partial charge in [0.25, 0.3) is 0 Å². The van der Waals surface area contributed by atoms with Crippen LogP contribution in [-0.4, -0.2) is 22.3 Å². The van der Waals surface area contributed by atoms with Gasteiger partial charge in [-0.25, -0.2) is 0 Å². The molecule has 0 saturated carbocycles. The summed E-state index contributed by atoms with van der Waals surface area (Å²) in [5.74, 6) is 0.766. The molecule has 0 bridgehead atoms. The van der Waals surface area contributed by atoms with E-state index in [1.54, 1.807) is 19.2 Å². The second-order valence-corrected chi connectivity index (χ2v) is 5.25. The Morgan fingerprint density at radius 1 is 0.960 bits per heavy atom. The van der Waals surface area contributed by atoms with Gasteiger partial charge in [0.15, 0.2) is 0 Å². The highest BCUT2D eigenvalue weighted by Gasteiger charge is 2.33. The number of nitrogens with one attached hydrogen (secondary N) is 1. The number of nitrogens with zero attached hydrogens (tertiary/aromatic N) is 2. The fourth-order valence-corrected chi connectivity index (χ4v) is 2.20. The van der Waals surface area contributed by atoms with E-state index < -0.39 is 11.9 Å². The molecule has 0 aliphatic carbocycles. The Morgan fingerprint density at radius 2 is 1.68 bits per heavy atom. The first kappa shape index (κ1) is 16.8. The third-order valence-corrected chi connectivity index (χ3v) is 3.51. The quantitative estimate of drug-likeness (QED) is 0.748. The van der Waals surface area contributed by atoms with E-state index in [4.69, 9.17) is 4.74 Å². The molecular formula is C18H14F3N3O. The van der Waals surface area contributed by atoms with E-state index in [2.05, 4.69) is 10.1 Å². The minimum atomic E-state index is -4.46. The van der Waals surface area contributed by atoms with Crippen LogP contribution in [-0.2, 0) is 6.18 Å². The highest BCUT2D eigenvalue weighted by Crippen LogP contribution is 2.30. The molecule has 3 rings (SSSR count). The molecule has 4 nitrogen and oxygen atoms in total. The third kappa shape index (κ3) is 4.06. The summed E-state index contributed by atoms with van der Waals surface area (Å²) in [6, 6.07) is 11.9. The third-order valence-electron chi connectivity index (χ3n) is 3.51. The first-order valence-electron chi connectivity index (χ1n) is 7.37. The van der Waals surface area contributed by atoms with Gasteiger partial charge < -0.3 is 4.74 Å². The molecule has 3 aromatic rings. The van der Waals surface area contributed by atoms with Gasteiger partial charge in [-0.15, -0.1) is 0 Å². The van der Waals surface area contributed by atoms with Crippen LogP contribution >= 0.6 is 0 Å². The van der Waals surface area contributed by atoms with E-state index in [-0.39, 0.29) is 5.69 Å². The van der Waals surface area contributed by atoms with Gasteiger partial charge in [0.05, 0.1) is 12.8 Å². The number of benzene rings is 1. The normalized spacial score (nSPS) is 11.8. The van der Waals surface area contributed by atoms with Crippen LogP contribution in [0.25, 0.3) is 23.5 Å². The van der Waals surface area contributed by atoms with Crippen molar-refractivity contribution in [3.8, 4) is 17.1 Å². The minimum absolute atomic E-state index is 0.145. The number of aromatic nitrogens is 3. The molecule has 0 atom stereocenters. The Hall–Kier alpha value is -3.09. The fourth-order valence-electron chi connectivity index (χ4n) is 2.20. The van der Waals surface area contributed by atoms with Crippen molar-refractivity contribution in [2.75, 3.05) is 7.11 Å². The molecule has 128 valence electrons. The first-order chi connectivity index (χ1) is 12.0. The number of alkyl halides is 3. The summed E-state index contributed by atoms with van der Waals surface area (Å²) >= 11 is 0. The summed E-state index contributed by atoms with van der Waals surface area (Å²) in [6.45, 7) is 0. The topological polar surface area (TPSA) is 50.8 Å². The second kappa shape index (κ2) is 6.80. The number of rotatable bonds is 4. The smallest absolute Gasteiger partial charge is 0.432 e. The summed E-state index contributed by atoms with van der Waals surface area (Å²) in [5.41, 5.74) is 1.38. The molecule has 2 heterocycles. The highest BCUT2D eigenvalue weighted by atomic mass is 19.4. The molecule has 7 heteroatoms. The molecule has 0 fully saturated rings. The summed E-state index contributed by atoms with van der Waals surface area (Å²) in [4.78, 5) is 4.08. The van der Waals surface area contributed by atoms with Crippen molar-refractivity contribution >= 4 is 12.2 Å². The summed E-state index contributed by atoms with van der Waals surface area (Å²) in [7, 11) is 1.60. The zero-order chi connectivity index (χ0) is 17.9. The van der Waals surface area contributed by atoms with Crippen molar-refractivity contribution in [1.82, 2.24) is 15.2 Å². The molecule has 25 heavy (non-hydrogen) atoms. The second-order valence-electron chi connectivity index (χ2n) is 5.25. The van der Waals surface area contributed by atoms with Gasteiger partial charge in [-0.1, -0.05) is 24.3 Å². The lowest BCUT2D eigenvalue weighted by atomic mass is 10.1. The fraction of sp³-hybridized carbons (Fsp3) is 0.111. The van der Waals surface area contributed by atoms with Crippen molar-refractivity contribution in [3.63, 3.8) is 0 Å². The number of hydrogen-bond donors (Lipinski definition) is 1. The van der Waals surface area contributed by atoms with Crippen LogP contribution in [0.15, 0.2) is 48.7 Å². The van der Waals surface area contributed by atoms with Gasteiger partial charge in [-0.3, -0.25) is 10.1 Å². The van der Waals surface area contributed by atoms with Crippen LogP contribution in [0.2, 0.25) is 0 Å². The molecule has 0 aliphatic rings. The zero-order valence-corrected chi connectivity index (χ0v) is 13.2. The molecule has 0 aliphatic heterocycles. The molecule has 0 radical (unpaired) electrons. The number of pyridine rings is 1. The molecule has 0 amide bonds. The lowest BCUT2D eigenvalue weighted by molar-refractivity contribution is -0.141. The number of aromatic amines is 1. The molecule has 1 aromatic carbocycles. The maximum absolute atomic E-state index is 12.6. The molecule has 0 unspecified atom stereocenters. The van der Waals surface area contributed by atoms with Crippen molar-refractivity contribution < 1.29 is 17.9 Å². The molecule has 2 aromatic heterocycles. The lowest BCUT2D eigenvalue weighted by Crippen LogP contribution is -2.04. The number of halogens is 3. The predicted molar refractivity (Wildman–Crippen MR) is 88.7 cm³/mol. The van der Waals surface area contributed by atoms with E-state index in [0.29, 0.717) is 5.69 Å². The monoisotopic (exact) mass is 345 g/mol. The van der Waals surface area contributed by atoms with Crippen molar-refractivity contribution in [1.29, 1.82) is 0 Å². The van der Waals surface area contributed by atoms with Crippen LogP contribution < -0.4 is 4.74 Å². The van der Waals surface area contributed by atoms with Crippen LogP contribution in [0.3, 0.4) is 0 Å². The van der Waals surface area contributed by atoms with Gasteiger partial charge in [-0.05, 0) is 41.5 Å². The van der Waals surface area contributed by atoms with E-state index in [9.17, 15) is 13.2 Å². The number of ether oxygens (including phenoxy) is 1. The van der Waals surface area contributed by atoms with Crippen molar-refractivity contribution in [2.24, 2.45) is 0 Å². The first-order valence-corrected chi connectivity index (χ1v) is 7.37. The van der Waals surface area contributed by atoms with Crippen LogP contribution in [0.5, 0.6) is 5.75 Å². The average molecular weight is 345 g/mol. The van der Waals surface area contributed by atoms with Gasteiger partial charge in [0.1, 0.15) is 17.1 Å². The Balaban J connectivity index is 1.81. The molecule has 1 N–H and O–H groups in total. The predicted octanol–water partition coefficient (Wildman–Crippen LogP) is 4.67. The van der Waals surface area contributed by atoms with E-state index in [0.717, 1.165) is 22.9 Å². The molecule has 0 saturated heterocycles. The largest absolute Gasteiger partial charge is 0.497 e. The van der Waals surface area contributed by atoms with Crippen LogP contribution in [0.1, 0.15) is 16.8 Å². The highest BCUT2D eigenvalue weighted by molar-refractivity contribution is 5.71. The maximum atomic E-state index is 12.6. The van der Waals surface area contributed by atoms with Gasteiger partial charge in [0.2, 0.25) is 0 Å². The van der Waals surface area contributed by atoms with Crippen molar-refractivity contribution in [2.45, 2.75) is 6.18 Å². The zero-order valence-electron chi connectivity index (χ0n) is 13.2. The summed E-state index contributed by atoms with van der Waals surface area (Å²) < 4.78 is 43.0. The Kier molecular flexibility index (Phi) is 4.56. The van der Waals surface area contributed by atoms with Crippen LogP contribution in [0.4, 0.5) is 13.2 Å². The Morgan fingerprint density at radius 3 is 2.32 bits per heavy atom.